The molecule has 0 aliphatic rings. The Morgan fingerprint density at radius 3 is 2.50 bits per heavy atom. The number of hydrogen-bond donors (Lipinski definition) is 1. The molecule has 0 heterocycles. The number of benzene rings is 3. The molecular weight excluding hydrogens is 354 g/mol. The summed E-state index contributed by atoms with van der Waals surface area (Å²) in [5.41, 5.74) is 1.85. The molecule has 5 nitrogen and oxygen atoms in total. The van der Waals surface area contributed by atoms with Gasteiger partial charge in [0.25, 0.3) is 5.91 Å². The lowest BCUT2D eigenvalue weighted by Gasteiger charge is -2.05. The van der Waals surface area contributed by atoms with Crippen LogP contribution in [-0.4, -0.2) is 25.6 Å². The Hall–Kier alpha value is -3.60. The van der Waals surface area contributed by atoms with Crippen LogP contribution in [0.3, 0.4) is 0 Å². The van der Waals surface area contributed by atoms with Crippen molar-refractivity contribution in [2.24, 2.45) is 0 Å². The summed E-state index contributed by atoms with van der Waals surface area (Å²) in [5.74, 6) is -0.111. The molecule has 3 rings (SSSR count). The Morgan fingerprint density at radius 1 is 0.964 bits per heavy atom. The minimum absolute atomic E-state index is 0.312. The number of methoxy groups -OCH3 is 1. The number of carbonyl (C=O) groups is 2. The molecular formula is C23H21NO4. The zero-order chi connectivity index (χ0) is 19.8. The number of amides is 1. The number of esters is 1. The van der Waals surface area contributed by atoms with Crippen LogP contribution in [0.2, 0.25) is 0 Å². The molecule has 0 aliphatic heterocycles. The molecule has 0 bridgehead atoms. The van der Waals surface area contributed by atoms with Crippen LogP contribution in [0.4, 0.5) is 0 Å². The zero-order valence-electron chi connectivity index (χ0n) is 15.6. The lowest BCUT2D eigenvalue weighted by atomic mass is 10.1. The van der Waals surface area contributed by atoms with Crippen molar-refractivity contribution >= 4 is 28.7 Å². The molecule has 0 aromatic heterocycles. The summed E-state index contributed by atoms with van der Waals surface area (Å²) in [6.45, 7) is 0.0858. The third-order valence-corrected chi connectivity index (χ3v) is 4.16. The van der Waals surface area contributed by atoms with Crippen LogP contribution < -0.4 is 10.1 Å². The van der Waals surface area contributed by atoms with Gasteiger partial charge in [-0.3, -0.25) is 4.79 Å². The second kappa shape index (κ2) is 9.37. The number of fused-ring (bicyclic) bond motifs is 1. The Morgan fingerprint density at radius 2 is 1.71 bits per heavy atom. The first kappa shape index (κ1) is 19.2. The molecule has 0 saturated carbocycles. The van der Waals surface area contributed by atoms with Gasteiger partial charge in [-0.25, -0.2) is 4.79 Å². The van der Waals surface area contributed by atoms with E-state index in [1.54, 1.807) is 13.2 Å². The van der Waals surface area contributed by atoms with E-state index in [1.807, 2.05) is 66.7 Å². The maximum atomic E-state index is 11.8. The van der Waals surface area contributed by atoms with E-state index in [0.717, 1.165) is 27.6 Å². The molecule has 3 aromatic rings. The standard InChI is InChI=1S/C23H21NO4/c1-27-21-11-10-19-13-17(7-9-20(19)14-21)8-12-23(26)28-16-22(25)24-15-18-5-3-2-4-6-18/h2-14H,15-16H2,1H3,(H,24,25)/b12-8+. The molecule has 3 aromatic carbocycles. The Kier molecular flexibility index (Phi) is 6.41. The molecule has 0 atom stereocenters. The number of ether oxygens (including phenoxy) is 2. The SMILES string of the molecule is COc1ccc2cc(/C=C/C(=O)OCC(=O)NCc3ccccc3)ccc2c1. The average molecular weight is 375 g/mol. The van der Waals surface area contributed by atoms with Gasteiger partial charge in [0, 0.05) is 12.6 Å². The van der Waals surface area contributed by atoms with Crippen LogP contribution in [0.25, 0.3) is 16.8 Å². The van der Waals surface area contributed by atoms with Crippen LogP contribution in [0, 0.1) is 0 Å². The number of hydrogen-bond acceptors (Lipinski definition) is 4. The van der Waals surface area contributed by atoms with Crippen molar-refractivity contribution in [1.29, 1.82) is 0 Å². The minimum atomic E-state index is -0.565. The van der Waals surface area contributed by atoms with Gasteiger partial charge in [-0.1, -0.05) is 48.5 Å². The highest BCUT2D eigenvalue weighted by molar-refractivity contribution is 5.91. The van der Waals surface area contributed by atoms with Crippen LogP contribution >= 0.6 is 0 Å². The van der Waals surface area contributed by atoms with Crippen molar-refractivity contribution in [3.8, 4) is 5.75 Å². The van der Waals surface area contributed by atoms with E-state index in [0.29, 0.717) is 6.54 Å². The fourth-order valence-corrected chi connectivity index (χ4v) is 2.67. The summed E-state index contributed by atoms with van der Waals surface area (Å²) in [6.07, 6.45) is 2.98. The lowest BCUT2D eigenvalue weighted by molar-refractivity contribution is -0.143. The maximum Gasteiger partial charge on any atom is 0.331 e. The predicted octanol–water partition coefficient (Wildman–Crippen LogP) is 3.72. The first-order chi connectivity index (χ1) is 13.6. The summed E-state index contributed by atoms with van der Waals surface area (Å²) in [6, 6.07) is 21.1. The summed E-state index contributed by atoms with van der Waals surface area (Å²) >= 11 is 0. The highest BCUT2D eigenvalue weighted by Crippen LogP contribution is 2.22. The second-order valence-corrected chi connectivity index (χ2v) is 6.18. The molecule has 28 heavy (non-hydrogen) atoms. The fourth-order valence-electron chi connectivity index (χ4n) is 2.67. The van der Waals surface area contributed by atoms with E-state index >= 15 is 0 Å². The Bertz CT molecular complexity index is 996. The second-order valence-electron chi connectivity index (χ2n) is 6.18. The molecule has 0 aliphatic carbocycles. The van der Waals surface area contributed by atoms with Crippen molar-refractivity contribution < 1.29 is 19.1 Å². The van der Waals surface area contributed by atoms with Crippen LogP contribution in [-0.2, 0) is 20.9 Å². The molecule has 0 unspecified atom stereocenters. The van der Waals surface area contributed by atoms with E-state index in [4.69, 9.17) is 9.47 Å². The third-order valence-electron chi connectivity index (χ3n) is 4.16. The molecule has 5 heteroatoms. The van der Waals surface area contributed by atoms with Gasteiger partial charge in [0.2, 0.25) is 0 Å². The smallest absolute Gasteiger partial charge is 0.331 e. The van der Waals surface area contributed by atoms with E-state index in [9.17, 15) is 9.59 Å². The first-order valence-corrected chi connectivity index (χ1v) is 8.87. The highest BCUT2D eigenvalue weighted by atomic mass is 16.5. The zero-order valence-corrected chi connectivity index (χ0v) is 15.6. The van der Waals surface area contributed by atoms with E-state index in [2.05, 4.69) is 5.32 Å². The van der Waals surface area contributed by atoms with Crippen molar-refractivity contribution in [3.05, 3.63) is 83.9 Å². The van der Waals surface area contributed by atoms with Gasteiger partial charge >= 0.3 is 5.97 Å². The molecule has 0 fully saturated rings. The van der Waals surface area contributed by atoms with Gasteiger partial charge in [0.1, 0.15) is 5.75 Å². The largest absolute Gasteiger partial charge is 0.497 e. The van der Waals surface area contributed by atoms with Gasteiger partial charge in [-0.2, -0.15) is 0 Å². The van der Waals surface area contributed by atoms with Gasteiger partial charge in [0.05, 0.1) is 7.11 Å². The van der Waals surface area contributed by atoms with E-state index in [1.165, 1.54) is 6.08 Å². The summed E-state index contributed by atoms with van der Waals surface area (Å²) < 4.78 is 10.2. The molecule has 142 valence electrons. The van der Waals surface area contributed by atoms with E-state index in [-0.39, 0.29) is 12.5 Å². The van der Waals surface area contributed by atoms with Gasteiger partial charge in [0.15, 0.2) is 6.61 Å². The fraction of sp³-hybridized carbons (Fsp3) is 0.130. The van der Waals surface area contributed by atoms with Crippen molar-refractivity contribution in [3.63, 3.8) is 0 Å². The van der Waals surface area contributed by atoms with Gasteiger partial charge in [-0.05, 0) is 46.2 Å². The molecule has 0 radical (unpaired) electrons. The van der Waals surface area contributed by atoms with Crippen molar-refractivity contribution in [1.82, 2.24) is 5.32 Å². The van der Waals surface area contributed by atoms with Gasteiger partial charge < -0.3 is 14.8 Å². The van der Waals surface area contributed by atoms with Crippen LogP contribution in [0.5, 0.6) is 5.75 Å². The number of rotatable bonds is 7. The van der Waals surface area contributed by atoms with Crippen molar-refractivity contribution in [2.75, 3.05) is 13.7 Å². The van der Waals surface area contributed by atoms with Crippen LogP contribution in [0.15, 0.2) is 72.8 Å². The summed E-state index contributed by atoms with van der Waals surface area (Å²) in [7, 11) is 1.63. The monoisotopic (exact) mass is 375 g/mol. The van der Waals surface area contributed by atoms with Crippen LogP contribution in [0.1, 0.15) is 11.1 Å². The highest BCUT2D eigenvalue weighted by Gasteiger charge is 2.05. The van der Waals surface area contributed by atoms with Gasteiger partial charge in [-0.15, -0.1) is 0 Å². The predicted molar refractivity (Wildman–Crippen MR) is 109 cm³/mol. The molecule has 1 amide bonds. The molecule has 0 spiro atoms. The Labute approximate surface area is 163 Å². The first-order valence-electron chi connectivity index (χ1n) is 8.87. The summed E-state index contributed by atoms with van der Waals surface area (Å²) in [4.78, 5) is 23.6. The lowest BCUT2D eigenvalue weighted by Crippen LogP contribution is -2.28. The number of nitrogens with one attached hydrogen (secondary N) is 1. The topological polar surface area (TPSA) is 64.6 Å². The maximum absolute atomic E-state index is 11.8. The Balaban J connectivity index is 1.49. The average Bonchev–Trinajstić information content (AvgIpc) is 2.75. The van der Waals surface area contributed by atoms with E-state index < -0.39 is 5.97 Å². The third kappa shape index (κ3) is 5.45. The molecule has 1 N–H and O–H groups in total. The summed E-state index contributed by atoms with van der Waals surface area (Å²) in [5, 5.41) is 4.80. The number of carbonyl (C=O) groups excluding carboxylic acids is 2. The normalized spacial score (nSPS) is 10.8. The quantitative estimate of drug-likeness (QED) is 0.505. The molecule has 0 saturated heterocycles. The minimum Gasteiger partial charge on any atom is -0.497 e. The van der Waals surface area contributed by atoms with Crippen molar-refractivity contribution in [2.45, 2.75) is 6.54 Å².